The molecule has 8 heteroatoms. The molecule has 27 heavy (non-hydrogen) atoms. The lowest BCUT2D eigenvalue weighted by Crippen LogP contribution is -2.31. The molecular formula is C19H21N3O4S. The molecule has 0 atom stereocenters. The van der Waals surface area contributed by atoms with Crippen molar-refractivity contribution < 1.29 is 18.0 Å². The summed E-state index contributed by atoms with van der Waals surface area (Å²) in [6.07, 6.45) is 0.720. The van der Waals surface area contributed by atoms with E-state index in [-0.39, 0.29) is 22.6 Å². The maximum atomic E-state index is 12.6. The first-order valence-corrected chi connectivity index (χ1v) is 10.1. The first kappa shape index (κ1) is 18.9. The van der Waals surface area contributed by atoms with Crippen LogP contribution in [0.3, 0.4) is 0 Å². The quantitative estimate of drug-likeness (QED) is 0.732. The van der Waals surface area contributed by atoms with E-state index >= 15 is 0 Å². The maximum Gasteiger partial charge on any atom is 0.261 e. The van der Waals surface area contributed by atoms with E-state index in [0.717, 1.165) is 12.0 Å². The molecular weight excluding hydrogens is 366 g/mol. The van der Waals surface area contributed by atoms with Crippen LogP contribution in [-0.4, -0.2) is 26.8 Å². The first-order chi connectivity index (χ1) is 12.8. The summed E-state index contributed by atoms with van der Waals surface area (Å²) in [5, 5.41) is 5.45. The first-order valence-electron chi connectivity index (χ1n) is 8.61. The van der Waals surface area contributed by atoms with E-state index in [2.05, 4.69) is 15.4 Å². The molecule has 0 saturated carbocycles. The molecule has 0 bridgehead atoms. The number of hydrogen-bond acceptors (Lipinski definition) is 4. The molecule has 3 rings (SSSR count). The minimum absolute atomic E-state index is 0.0622. The zero-order chi connectivity index (χ0) is 19.6. The monoisotopic (exact) mass is 387 g/mol. The number of benzene rings is 2. The summed E-state index contributed by atoms with van der Waals surface area (Å²) in [7, 11) is -3.81. The van der Waals surface area contributed by atoms with Crippen LogP contribution in [0.5, 0.6) is 0 Å². The van der Waals surface area contributed by atoms with Gasteiger partial charge in [-0.1, -0.05) is 19.9 Å². The number of anilines is 2. The van der Waals surface area contributed by atoms with Gasteiger partial charge in [0.25, 0.3) is 15.9 Å². The zero-order valence-corrected chi connectivity index (χ0v) is 15.9. The van der Waals surface area contributed by atoms with Gasteiger partial charge in [0.15, 0.2) is 0 Å². The average Bonchev–Trinajstić information content (AvgIpc) is 2.62. The Kier molecular flexibility index (Phi) is 5.18. The predicted octanol–water partition coefficient (Wildman–Crippen LogP) is 2.37. The number of amides is 2. The van der Waals surface area contributed by atoms with Crippen LogP contribution in [-0.2, 0) is 21.2 Å². The van der Waals surface area contributed by atoms with Gasteiger partial charge in [-0.05, 0) is 48.4 Å². The topological polar surface area (TPSA) is 104 Å². The molecule has 2 aromatic carbocycles. The largest absolute Gasteiger partial charge is 0.352 e. The summed E-state index contributed by atoms with van der Waals surface area (Å²) in [4.78, 5) is 23.7. The molecule has 0 radical (unpaired) electrons. The number of hydrogen-bond donors (Lipinski definition) is 3. The lowest BCUT2D eigenvalue weighted by molar-refractivity contribution is -0.118. The van der Waals surface area contributed by atoms with Crippen molar-refractivity contribution in [3.8, 4) is 0 Å². The summed E-state index contributed by atoms with van der Waals surface area (Å²) >= 11 is 0. The van der Waals surface area contributed by atoms with Crippen molar-refractivity contribution in [2.45, 2.75) is 25.2 Å². The van der Waals surface area contributed by atoms with Gasteiger partial charge < -0.3 is 10.6 Å². The zero-order valence-electron chi connectivity index (χ0n) is 15.1. The summed E-state index contributed by atoms with van der Waals surface area (Å²) in [5.41, 5.74) is 2.22. The van der Waals surface area contributed by atoms with Crippen LogP contribution in [0, 0.1) is 5.92 Å². The Morgan fingerprint density at radius 1 is 1.07 bits per heavy atom. The summed E-state index contributed by atoms with van der Waals surface area (Å²) in [6, 6.07) is 10.9. The van der Waals surface area contributed by atoms with Gasteiger partial charge >= 0.3 is 0 Å². The van der Waals surface area contributed by atoms with Gasteiger partial charge in [0.05, 0.1) is 4.90 Å². The van der Waals surface area contributed by atoms with Crippen LogP contribution in [0.1, 0.15) is 29.8 Å². The highest BCUT2D eigenvalue weighted by Gasteiger charge is 2.19. The van der Waals surface area contributed by atoms with E-state index in [0.29, 0.717) is 23.5 Å². The number of fused-ring (bicyclic) bond motifs is 1. The highest BCUT2D eigenvalue weighted by atomic mass is 32.2. The normalized spacial score (nSPS) is 13.7. The van der Waals surface area contributed by atoms with Crippen LogP contribution in [0.25, 0.3) is 0 Å². The van der Waals surface area contributed by atoms with Gasteiger partial charge in [0, 0.05) is 29.4 Å². The molecule has 142 valence electrons. The van der Waals surface area contributed by atoms with Gasteiger partial charge in [-0.15, -0.1) is 0 Å². The van der Waals surface area contributed by atoms with Gasteiger partial charge in [-0.2, -0.15) is 0 Å². The highest BCUT2D eigenvalue weighted by molar-refractivity contribution is 7.92. The molecule has 0 aliphatic carbocycles. The van der Waals surface area contributed by atoms with Crippen molar-refractivity contribution >= 4 is 33.2 Å². The third-order valence-corrected chi connectivity index (χ3v) is 5.64. The molecule has 2 aromatic rings. The molecule has 0 saturated heterocycles. The van der Waals surface area contributed by atoms with Crippen molar-refractivity contribution in [1.82, 2.24) is 5.32 Å². The number of carbonyl (C=O) groups excluding carboxylic acids is 2. The lowest BCUT2D eigenvalue weighted by Gasteiger charge is -2.17. The van der Waals surface area contributed by atoms with E-state index in [4.69, 9.17) is 0 Å². The molecule has 1 aliphatic rings. The fourth-order valence-electron chi connectivity index (χ4n) is 2.69. The van der Waals surface area contributed by atoms with Gasteiger partial charge in [0.2, 0.25) is 5.91 Å². The predicted molar refractivity (Wildman–Crippen MR) is 103 cm³/mol. The van der Waals surface area contributed by atoms with Gasteiger partial charge in [-0.25, -0.2) is 8.42 Å². The highest BCUT2D eigenvalue weighted by Crippen LogP contribution is 2.22. The molecule has 7 nitrogen and oxygen atoms in total. The smallest absolute Gasteiger partial charge is 0.261 e. The Labute approximate surface area is 158 Å². The van der Waals surface area contributed by atoms with Crippen LogP contribution >= 0.6 is 0 Å². The van der Waals surface area contributed by atoms with Crippen LogP contribution in [0.2, 0.25) is 0 Å². The SMILES string of the molecule is CC(C)C(=O)Nc1ccc(S(=O)(=O)Nc2ccc3c(c2)C(=O)NCC3)cc1. The van der Waals surface area contributed by atoms with Crippen molar-refractivity contribution in [2.24, 2.45) is 5.92 Å². The van der Waals surface area contributed by atoms with E-state index in [9.17, 15) is 18.0 Å². The Hall–Kier alpha value is -2.87. The fourth-order valence-corrected chi connectivity index (χ4v) is 3.74. The molecule has 0 spiro atoms. The van der Waals surface area contributed by atoms with E-state index in [1.807, 2.05) is 0 Å². The Morgan fingerprint density at radius 2 is 1.74 bits per heavy atom. The Morgan fingerprint density at radius 3 is 2.41 bits per heavy atom. The number of sulfonamides is 1. The van der Waals surface area contributed by atoms with Crippen molar-refractivity contribution in [2.75, 3.05) is 16.6 Å². The Bertz CT molecular complexity index is 983. The third kappa shape index (κ3) is 4.28. The van der Waals surface area contributed by atoms with E-state index in [1.165, 1.54) is 24.3 Å². The second-order valence-corrected chi connectivity index (χ2v) is 8.33. The molecule has 2 amide bonds. The minimum atomic E-state index is -3.81. The molecule has 0 fully saturated rings. The number of nitrogens with one attached hydrogen (secondary N) is 3. The second kappa shape index (κ2) is 7.40. The van der Waals surface area contributed by atoms with E-state index in [1.54, 1.807) is 32.0 Å². The van der Waals surface area contributed by atoms with Crippen LogP contribution < -0.4 is 15.4 Å². The summed E-state index contributed by atoms with van der Waals surface area (Å²) in [6.45, 7) is 4.13. The average molecular weight is 387 g/mol. The van der Waals surface area contributed by atoms with Crippen molar-refractivity contribution in [3.63, 3.8) is 0 Å². The Balaban J connectivity index is 1.78. The fraction of sp³-hybridized carbons (Fsp3) is 0.263. The lowest BCUT2D eigenvalue weighted by atomic mass is 10.00. The molecule has 1 aliphatic heterocycles. The molecule has 0 unspecified atom stereocenters. The number of carbonyl (C=O) groups is 2. The minimum Gasteiger partial charge on any atom is -0.352 e. The molecule has 3 N–H and O–H groups in total. The van der Waals surface area contributed by atoms with Crippen LogP contribution in [0.4, 0.5) is 11.4 Å². The van der Waals surface area contributed by atoms with Crippen molar-refractivity contribution in [3.05, 3.63) is 53.6 Å². The maximum absolute atomic E-state index is 12.6. The summed E-state index contributed by atoms with van der Waals surface area (Å²) < 4.78 is 27.7. The molecule has 1 heterocycles. The van der Waals surface area contributed by atoms with Gasteiger partial charge in [-0.3, -0.25) is 14.3 Å². The summed E-state index contributed by atoms with van der Waals surface area (Å²) in [5.74, 6) is -0.519. The number of rotatable bonds is 5. The third-order valence-electron chi connectivity index (χ3n) is 4.24. The second-order valence-electron chi connectivity index (χ2n) is 6.65. The standard InChI is InChI=1S/C19H21N3O4S/c1-12(2)18(23)21-14-5-7-16(8-6-14)27(25,26)22-15-4-3-13-9-10-20-19(24)17(13)11-15/h3-8,11-12,22H,9-10H2,1-2H3,(H,20,24)(H,21,23). The van der Waals surface area contributed by atoms with Crippen molar-refractivity contribution in [1.29, 1.82) is 0 Å². The van der Waals surface area contributed by atoms with Crippen LogP contribution in [0.15, 0.2) is 47.4 Å². The molecule has 0 aromatic heterocycles. The van der Waals surface area contributed by atoms with Gasteiger partial charge in [0.1, 0.15) is 0 Å². The van der Waals surface area contributed by atoms with E-state index < -0.39 is 10.0 Å².